The summed E-state index contributed by atoms with van der Waals surface area (Å²) in [7, 11) is 0. The van der Waals surface area contributed by atoms with Gasteiger partial charge in [-0.2, -0.15) is 0 Å². The Balaban J connectivity index is 2.30. The molecular formula is C10H19N3O3. The number of nitrogens with zero attached hydrogens (tertiary/aromatic N) is 1. The third-order valence-electron chi connectivity index (χ3n) is 2.65. The Hall–Kier alpha value is -1.14. The molecule has 0 spiro atoms. The SMILES string of the molecule is CCNC(=O)NC(=O)CN1CCCC1CO. The van der Waals surface area contributed by atoms with E-state index in [1.807, 2.05) is 4.90 Å². The van der Waals surface area contributed by atoms with Gasteiger partial charge in [-0.3, -0.25) is 15.0 Å². The summed E-state index contributed by atoms with van der Waals surface area (Å²) in [5.74, 6) is -0.327. The summed E-state index contributed by atoms with van der Waals surface area (Å²) in [5.41, 5.74) is 0. The lowest BCUT2D eigenvalue weighted by Gasteiger charge is -2.21. The number of aliphatic hydroxyl groups is 1. The van der Waals surface area contributed by atoms with Crippen molar-refractivity contribution in [3.63, 3.8) is 0 Å². The molecule has 1 atom stereocenters. The molecule has 1 unspecified atom stereocenters. The predicted molar refractivity (Wildman–Crippen MR) is 58.9 cm³/mol. The number of hydrogen-bond donors (Lipinski definition) is 3. The monoisotopic (exact) mass is 229 g/mol. The summed E-state index contributed by atoms with van der Waals surface area (Å²) in [6, 6.07) is -0.410. The van der Waals surface area contributed by atoms with Crippen LogP contribution in [0.5, 0.6) is 0 Å². The second-order valence-electron chi connectivity index (χ2n) is 3.86. The fourth-order valence-electron chi connectivity index (χ4n) is 1.87. The molecule has 16 heavy (non-hydrogen) atoms. The molecule has 0 aromatic heterocycles. The van der Waals surface area contributed by atoms with E-state index in [9.17, 15) is 9.59 Å². The van der Waals surface area contributed by atoms with E-state index in [1.54, 1.807) is 6.92 Å². The van der Waals surface area contributed by atoms with Gasteiger partial charge in [0.15, 0.2) is 0 Å². The molecule has 3 amide bonds. The van der Waals surface area contributed by atoms with Crippen molar-refractivity contribution in [3.05, 3.63) is 0 Å². The van der Waals surface area contributed by atoms with Crippen molar-refractivity contribution in [1.82, 2.24) is 15.5 Å². The summed E-state index contributed by atoms with van der Waals surface area (Å²) in [6.45, 7) is 3.30. The number of carbonyl (C=O) groups is 2. The molecule has 6 heteroatoms. The van der Waals surface area contributed by atoms with Crippen molar-refractivity contribution in [2.45, 2.75) is 25.8 Å². The zero-order chi connectivity index (χ0) is 12.0. The van der Waals surface area contributed by atoms with Crippen LogP contribution in [0.4, 0.5) is 4.79 Å². The van der Waals surface area contributed by atoms with Crippen molar-refractivity contribution in [2.75, 3.05) is 26.2 Å². The molecule has 1 heterocycles. The topological polar surface area (TPSA) is 81.7 Å². The molecule has 1 saturated heterocycles. The van der Waals surface area contributed by atoms with E-state index in [2.05, 4.69) is 10.6 Å². The highest BCUT2D eigenvalue weighted by Crippen LogP contribution is 2.15. The van der Waals surface area contributed by atoms with Crippen LogP contribution in [0.2, 0.25) is 0 Å². The highest BCUT2D eigenvalue weighted by atomic mass is 16.3. The molecular weight excluding hydrogens is 210 g/mol. The number of urea groups is 1. The Morgan fingerprint density at radius 3 is 2.88 bits per heavy atom. The Kier molecular flexibility index (Phi) is 5.21. The molecule has 0 bridgehead atoms. The minimum Gasteiger partial charge on any atom is -0.395 e. The third-order valence-corrected chi connectivity index (χ3v) is 2.65. The molecule has 1 rings (SSSR count). The average Bonchev–Trinajstić information content (AvgIpc) is 2.65. The number of carbonyl (C=O) groups excluding carboxylic acids is 2. The zero-order valence-corrected chi connectivity index (χ0v) is 9.53. The molecule has 92 valence electrons. The van der Waals surface area contributed by atoms with Gasteiger partial charge < -0.3 is 10.4 Å². The highest BCUT2D eigenvalue weighted by molar-refractivity contribution is 5.95. The minimum absolute atomic E-state index is 0.0555. The smallest absolute Gasteiger partial charge is 0.321 e. The molecule has 6 nitrogen and oxygen atoms in total. The van der Waals surface area contributed by atoms with Crippen molar-refractivity contribution in [1.29, 1.82) is 0 Å². The van der Waals surface area contributed by atoms with Crippen molar-refractivity contribution in [2.24, 2.45) is 0 Å². The number of nitrogens with one attached hydrogen (secondary N) is 2. The maximum Gasteiger partial charge on any atom is 0.321 e. The van der Waals surface area contributed by atoms with E-state index in [-0.39, 0.29) is 25.1 Å². The van der Waals surface area contributed by atoms with Gasteiger partial charge in [0.05, 0.1) is 13.2 Å². The Morgan fingerprint density at radius 1 is 1.50 bits per heavy atom. The summed E-state index contributed by atoms with van der Waals surface area (Å²) in [6.07, 6.45) is 1.89. The number of hydrogen-bond acceptors (Lipinski definition) is 4. The van der Waals surface area contributed by atoms with Crippen LogP contribution in [-0.4, -0.2) is 54.2 Å². The maximum absolute atomic E-state index is 11.5. The number of imide groups is 1. The lowest BCUT2D eigenvalue weighted by atomic mass is 10.2. The van der Waals surface area contributed by atoms with E-state index >= 15 is 0 Å². The molecule has 0 radical (unpaired) electrons. The lowest BCUT2D eigenvalue weighted by Crippen LogP contribution is -2.46. The maximum atomic E-state index is 11.5. The molecule has 1 fully saturated rings. The fourth-order valence-corrected chi connectivity index (χ4v) is 1.87. The molecule has 0 aromatic rings. The number of likely N-dealkylation sites (tertiary alicyclic amines) is 1. The van der Waals surface area contributed by atoms with Gasteiger partial charge in [-0.25, -0.2) is 4.79 Å². The molecule has 3 N–H and O–H groups in total. The van der Waals surface area contributed by atoms with Gasteiger partial charge in [-0.15, -0.1) is 0 Å². The third kappa shape index (κ3) is 3.79. The predicted octanol–water partition coefficient (Wildman–Crippen LogP) is -0.711. The standard InChI is InChI=1S/C10H19N3O3/c1-2-11-10(16)12-9(15)6-13-5-3-4-8(13)7-14/h8,14H,2-7H2,1H3,(H2,11,12,15,16). The summed E-state index contributed by atoms with van der Waals surface area (Å²) >= 11 is 0. The summed E-state index contributed by atoms with van der Waals surface area (Å²) < 4.78 is 0. The van der Waals surface area contributed by atoms with Gasteiger partial charge in [0.2, 0.25) is 5.91 Å². The quantitative estimate of drug-likeness (QED) is 0.595. The van der Waals surface area contributed by atoms with E-state index in [0.717, 1.165) is 19.4 Å². The van der Waals surface area contributed by atoms with E-state index < -0.39 is 6.03 Å². The van der Waals surface area contributed by atoms with Crippen LogP contribution in [0.1, 0.15) is 19.8 Å². The molecule has 1 aliphatic rings. The second-order valence-corrected chi connectivity index (χ2v) is 3.86. The lowest BCUT2D eigenvalue weighted by molar-refractivity contribution is -0.121. The number of aliphatic hydroxyl groups excluding tert-OH is 1. The van der Waals surface area contributed by atoms with Crippen LogP contribution in [0.15, 0.2) is 0 Å². The van der Waals surface area contributed by atoms with Gasteiger partial charge in [-0.05, 0) is 26.3 Å². The Morgan fingerprint density at radius 2 is 2.25 bits per heavy atom. The van der Waals surface area contributed by atoms with Gasteiger partial charge in [0.25, 0.3) is 0 Å². The average molecular weight is 229 g/mol. The van der Waals surface area contributed by atoms with Crippen LogP contribution >= 0.6 is 0 Å². The van der Waals surface area contributed by atoms with Crippen LogP contribution in [0.25, 0.3) is 0 Å². The minimum atomic E-state index is -0.466. The molecule has 1 aliphatic heterocycles. The van der Waals surface area contributed by atoms with E-state index in [1.165, 1.54) is 0 Å². The number of amides is 3. The first kappa shape index (κ1) is 12.9. The first-order chi connectivity index (χ1) is 7.67. The Bertz CT molecular complexity index is 258. The summed E-state index contributed by atoms with van der Waals surface area (Å²) in [4.78, 5) is 24.4. The second kappa shape index (κ2) is 6.44. The molecule has 0 saturated carbocycles. The van der Waals surface area contributed by atoms with Crippen LogP contribution < -0.4 is 10.6 Å². The van der Waals surface area contributed by atoms with Crippen LogP contribution in [-0.2, 0) is 4.79 Å². The van der Waals surface area contributed by atoms with E-state index in [0.29, 0.717) is 6.54 Å². The zero-order valence-electron chi connectivity index (χ0n) is 9.53. The first-order valence-corrected chi connectivity index (χ1v) is 5.60. The van der Waals surface area contributed by atoms with Gasteiger partial charge in [0.1, 0.15) is 0 Å². The summed E-state index contributed by atoms with van der Waals surface area (Å²) in [5, 5.41) is 13.8. The van der Waals surface area contributed by atoms with Crippen LogP contribution in [0.3, 0.4) is 0 Å². The van der Waals surface area contributed by atoms with Gasteiger partial charge in [-0.1, -0.05) is 0 Å². The largest absolute Gasteiger partial charge is 0.395 e. The van der Waals surface area contributed by atoms with Gasteiger partial charge in [0, 0.05) is 12.6 Å². The fraction of sp³-hybridized carbons (Fsp3) is 0.800. The first-order valence-electron chi connectivity index (χ1n) is 5.60. The number of rotatable bonds is 4. The van der Waals surface area contributed by atoms with Crippen LogP contribution in [0, 0.1) is 0 Å². The van der Waals surface area contributed by atoms with Crippen molar-refractivity contribution >= 4 is 11.9 Å². The Labute approximate surface area is 95.0 Å². The van der Waals surface area contributed by atoms with E-state index in [4.69, 9.17) is 5.11 Å². The molecule has 0 aliphatic carbocycles. The highest BCUT2D eigenvalue weighted by Gasteiger charge is 2.25. The van der Waals surface area contributed by atoms with Crippen molar-refractivity contribution < 1.29 is 14.7 Å². The van der Waals surface area contributed by atoms with Gasteiger partial charge >= 0.3 is 6.03 Å². The normalized spacial score (nSPS) is 20.8. The molecule has 0 aromatic carbocycles. The van der Waals surface area contributed by atoms with Crippen molar-refractivity contribution in [3.8, 4) is 0 Å².